The van der Waals surface area contributed by atoms with E-state index < -0.39 is 5.97 Å². The Morgan fingerprint density at radius 3 is 2.76 bits per heavy atom. The number of hydrogen-bond donors (Lipinski definition) is 3. The lowest BCUT2D eigenvalue weighted by atomic mass is 10.1. The largest absolute Gasteiger partial charge is 0.481 e. The first-order chi connectivity index (χ1) is 10.1. The fraction of sp³-hybridized carbons (Fsp3) is 0.200. The van der Waals surface area contributed by atoms with Crippen LogP contribution >= 0.6 is 11.3 Å². The summed E-state index contributed by atoms with van der Waals surface area (Å²) in [6.45, 7) is 0.557. The van der Waals surface area contributed by atoms with Crippen LogP contribution in [0.15, 0.2) is 41.8 Å². The van der Waals surface area contributed by atoms with Gasteiger partial charge in [-0.1, -0.05) is 18.2 Å². The number of amides is 2. The lowest BCUT2D eigenvalue weighted by Crippen LogP contribution is -2.30. The minimum absolute atomic E-state index is 0.0600. The number of carbonyl (C=O) groups is 2. The summed E-state index contributed by atoms with van der Waals surface area (Å²) in [6.07, 6.45) is 0.736. The summed E-state index contributed by atoms with van der Waals surface area (Å²) >= 11 is 1.66. The number of thiophene rings is 1. The van der Waals surface area contributed by atoms with Gasteiger partial charge in [0.1, 0.15) is 0 Å². The van der Waals surface area contributed by atoms with Gasteiger partial charge in [0, 0.05) is 17.1 Å². The van der Waals surface area contributed by atoms with Crippen molar-refractivity contribution in [1.29, 1.82) is 0 Å². The number of nitrogens with one attached hydrogen (secondary N) is 2. The first-order valence-electron chi connectivity index (χ1n) is 6.51. The molecule has 1 heterocycles. The third-order valence-corrected chi connectivity index (χ3v) is 3.71. The van der Waals surface area contributed by atoms with Gasteiger partial charge in [0.15, 0.2) is 0 Å². The van der Waals surface area contributed by atoms with E-state index in [4.69, 9.17) is 5.11 Å². The first kappa shape index (κ1) is 15.1. The lowest BCUT2D eigenvalue weighted by Gasteiger charge is -2.08. The summed E-state index contributed by atoms with van der Waals surface area (Å²) in [7, 11) is 0. The molecule has 21 heavy (non-hydrogen) atoms. The number of benzene rings is 1. The van der Waals surface area contributed by atoms with E-state index in [1.54, 1.807) is 35.6 Å². The summed E-state index contributed by atoms with van der Waals surface area (Å²) < 4.78 is 0. The van der Waals surface area contributed by atoms with Crippen LogP contribution in [0.1, 0.15) is 10.4 Å². The zero-order valence-electron chi connectivity index (χ0n) is 11.3. The van der Waals surface area contributed by atoms with E-state index >= 15 is 0 Å². The van der Waals surface area contributed by atoms with E-state index in [-0.39, 0.29) is 12.5 Å². The van der Waals surface area contributed by atoms with Gasteiger partial charge in [0.25, 0.3) is 0 Å². The van der Waals surface area contributed by atoms with Crippen LogP contribution in [-0.4, -0.2) is 23.7 Å². The van der Waals surface area contributed by atoms with Crippen molar-refractivity contribution < 1.29 is 14.7 Å². The Kier molecular flexibility index (Phi) is 5.34. The molecule has 1 aromatic carbocycles. The normalized spacial score (nSPS) is 10.1. The minimum atomic E-state index is -0.896. The monoisotopic (exact) mass is 304 g/mol. The molecule has 110 valence electrons. The SMILES string of the molecule is O=C(O)Cc1cccc(NC(=O)NCCc2cccs2)c1. The standard InChI is InChI=1S/C15H16N2O3S/c18-14(19)10-11-3-1-4-12(9-11)17-15(20)16-7-6-13-5-2-8-21-13/h1-5,8-9H,6-7,10H2,(H,18,19)(H2,16,17,20). The number of carboxylic acids is 1. The highest BCUT2D eigenvalue weighted by Gasteiger charge is 2.04. The minimum Gasteiger partial charge on any atom is -0.481 e. The van der Waals surface area contributed by atoms with E-state index in [1.807, 2.05) is 17.5 Å². The maximum Gasteiger partial charge on any atom is 0.319 e. The van der Waals surface area contributed by atoms with Gasteiger partial charge in [-0.2, -0.15) is 0 Å². The summed E-state index contributed by atoms with van der Waals surface area (Å²) in [4.78, 5) is 23.6. The topological polar surface area (TPSA) is 78.4 Å². The molecule has 0 aliphatic heterocycles. The molecule has 0 atom stereocenters. The van der Waals surface area contributed by atoms with Gasteiger partial charge in [-0.15, -0.1) is 11.3 Å². The Hall–Kier alpha value is -2.34. The van der Waals surface area contributed by atoms with E-state index in [2.05, 4.69) is 10.6 Å². The third kappa shape index (κ3) is 5.27. The third-order valence-electron chi connectivity index (χ3n) is 2.78. The van der Waals surface area contributed by atoms with Crippen LogP contribution in [0.5, 0.6) is 0 Å². The predicted molar refractivity (Wildman–Crippen MR) is 82.8 cm³/mol. The molecule has 2 rings (SSSR count). The summed E-state index contributed by atoms with van der Waals surface area (Å²) in [6, 6.07) is 10.5. The van der Waals surface area contributed by atoms with Crippen molar-refractivity contribution in [2.75, 3.05) is 11.9 Å². The van der Waals surface area contributed by atoms with Crippen molar-refractivity contribution in [1.82, 2.24) is 5.32 Å². The predicted octanol–water partition coefficient (Wildman–Crippen LogP) is 2.74. The molecule has 3 N–H and O–H groups in total. The molecule has 0 saturated heterocycles. The summed E-state index contributed by atoms with van der Waals surface area (Å²) in [5, 5.41) is 16.2. The molecule has 0 aliphatic rings. The lowest BCUT2D eigenvalue weighted by molar-refractivity contribution is -0.136. The second kappa shape index (κ2) is 7.44. The van der Waals surface area contributed by atoms with Gasteiger partial charge in [-0.3, -0.25) is 4.79 Å². The number of carboxylic acid groups (broad SMARTS) is 1. The van der Waals surface area contributed by atoms with Crippen molar-refractivity contribution in [2.24, 2.45) is 0 Å². The summed E-state index contributed by atoms with van der Waals surface area (Å²) in [5.74, 6) is -0.896. The Morgan fingerprint density at radius 2 is 2.05 bits per heavy atom. The Balaban J connectivity index is 1.80. The smallest absolute Gasteiger partial charge is 0.319 e. The number of anilines is 1. The molecule has 0 fully saturated rings. The second-order valence-electron chi connectivity index (χ2n) is 4.48. The molecule has 1 aromatic heterocycles. The van der Waals surface area contributed by atoms with Crippen LogP contribution in [-0.2, 0) is 17.6 Å². The maximum atomic E-state index is 11.7. The van der Waals surface area contributed by atoms with Gasteiger partial charge in [0.2, 0.25) is 0 Å². The molecule has 0 radical (unpaired) electrons. The van der Waals surface area contributed by atoms with E-state index in [9.17, 15) is 9.59 Å². The van der Waals surface area contributed by atoms with Crippen LogP contribution in [0, 0.1) is 0 Å². The molecule has 5 nitrogen and oxygen atoms in total. The zero-order valence-corrected chi connectivity index (χ0v) is 12.2. The van der Waals surface area contributed by atoms with Crippen LogP contribution in [0.3, 0.4) is 0 Å². The van der Waals surface area contributed by atoms with E-state index in [0.717, 1.165) is 6.42 Å². The molecule has 0 unspecified atom stereocenters. The molecule has 2 aromatic rings. The Labute approximate surface area is 126 Å². The first-order valence-corrected chi connectivity index (χ1v) is 7.39. The van der Waals surface area contributed by atoms with Crippen molar-refractivity contribution in [2.45, 2.75) is 12.8 Å². The Bertz CT molecular complexity index is 611. The van der Waals surface area contributed by atoms with E-state index in [0.29, 0.717) is 17.8 Å². The van der Waals surface area contributed by atoms with Crippen molar-refractivity contribution in [3.63, 3.8) is 0 Å². The van der Waals surface area contributed by atoms with Crippen molar-refractivity contribution in [3.8, 4) is 0 Å². The molecular formula is C15H16N2O3S. The highest BCUT2D eigenvalue weighted by Crippen LogP contribution is 2.11. The van der Waals surface area contributed by atoms with Crippen molar-refractivity contribution in [3.05, 3.63) is 52.2 Å². The quantitative estimate of drug-likeness (QED) is 0.768. The fourth-order valence-electron chi connectivity index (χ4n) is 1.86. The van der Waals surface area contributed by atoms with Gasteiger partial charge in [-0.05, 0) is 35.6 Å². The average Bonchev–Trinajstić information content (AvgIpc) is 2.91. The molecule has 6 heteroatoms. The molecule has 2 amide bonds. The highest BCUT2D eigenvalue weighted by atomic mass is 32.1. The number of hydrogen-bond acceptors (Lipinski definition) is 3. The maximum absolute atomic E-state index is 11.7. The number of aliphatic carboxylic acids is 1. The average molecular weight is 304 g/mol. The molecule has 0 bridgehead atoms. The number of urea groups is 1. The van der Waals surface area contributed by atoms with Crippen LogP contribution < -0.4 is 10.6 Å². The molecule has 0 saturated carbocycles. The second-order valence-corrected chi connectivity index (χ2v) is 5.51. The van der Waals surface area contributed by atoms with Crippen LogP contribution in [0.2, 0.25) is 0 Å². The number of carbonyl (C=O) groups excluding carboxylic acids is 1. The van der Waals surface area contributed by atoms with E-state index in [1.165, 1.54) is 4.88 Å². The van der Waals surface area contributed by atoms with Gasteiger partial charge >= 0.3 is 12.0 Å². The van der Waals surface area contributed by atoms with Crippen molar-refractivity contribution >= 4 is 29.0 Å². The molecular weight excluding hydrogens is 288 g/mol. The van der Waals surface area contributed by atoms with Gasteiger partial charge in [0.05, 0.1) is 6.42 Å². The Morgan fingerprint density at radius 1 is 1.19 bits per heavy atom. The molecule has 0 spiro atoms. The highest BCUT2D eigenvalue weighted by molar-refractivity contribution is 7.09. The zero-order chi connectivity index (χ0) is 15.1. The molecule has 0 aliphatic carbocycles. The summed E-state index contributed by atoms with van der Waals surface area (Å²) in [5.41, 5.74) is 1.24. The van der Waals surface area contributed by atoms with Crippen LogP contribution in [0.4, 0.5) is 10.5 Å². The number of rotatable bonds is 6. The fourth-order valence-corrected chi connectivity index (χ4v) is 2.57. The van der Waals surface area contributed by atoms with Gasteiger partial charge < -0.3 is 15.7 Å². The van der Waals surface area contributed by atoms with Crippen LogP contribution in [0.25, 0.3) is 0 Å². The van der Waals surface area contributed by atoms with Gasteiger partial charge in [-0.25, -0.2) is 4.79 Å².